The number of benzene rings is 3. The number of hydrogen-bond acceptors (Lipinski definition) is 3. The van der Waals surface area contributed by atoms with Crippen LogP contribution in [0.15, 0.2) is 72.8 Å². The topological polar surface area (TPSA) is 38.7 Å². The summed E-state index contributed by atoms with van der Waals surface area (Å²) >= 11 is 0. The van der Waals surface area contributed by atoms with Crippen LogP contribution in [0.25, 0.3) is 0 Å². The van der Waals surface area contributed by atoms with Crippen molar-refractivity contribution in [1.29, 1.82) is 0 Å². The van der Waals surface area contributed by atoms with E-state index in [1.807, 2.05) is 42.5 Å². The number of rotatable bonds is 3. The highest BCUT2D eigenvalue weighted by molar-refractivity contribution is 5.56. The Kier molecular flexibility index (Phi) is 3.39. The van der Waals surface area contributed by atoms with Gasteiger partial charge in [-0.2, -0.15) is 0 Å². The van der Waals surface area contributed by atoms with Gasteiger partial charge in [-0.3, -0.25) is 0 Å². The summed E-state index contributed by atoms with van der Waals surface area (Å²) in [5, 5.41) is 9.59. The summed E-state index contributed by atoms with van der Waals surface area (Å²) in [6.07, 6.45) is 0. The molecule has 1 aliphatic rings. The molecule has 0 aliphatic carbocycles. The zero-order valence-electron chi connectivity index (χ0n) is 12.5. The Morgan fingerprint density at radius 2 is 1.48 bits per heavy atom. The first-order valence-electron chi connectivity index (χ1n) is 7.55. The SMILES string of the molecule is Oc1ccc(C(c2ccccc2)c2cccc3c2OCO3)cc1. The van der Waals surface area contributed by atoms with Gasteiger partial charge in [0.1, 0.15) is 5.75 Å². The molecule has 3 nitrogen and oxygen atoms in total. The van der Waals surface area contributed by atoms with Crippen molar-refractivity contribution in [2.45, 2.75) is 5.92 Å². The normalized spacial score (nSPS) is 13.7. The van der Waals surface area contributed by atoms with Crippen LogP contribution in [0, 0.1) is 0 Å². The number of phenols is 1. The highest BCUT2D eigenvalue weighted by atomic mass is 16.7. The molecule has 1 N–H and O–H groups in total. The van der Waals surface area contributed by atoms with Crippen molar-refractivity contribution in [3.63, 3.8) is 0 Å². The van der Waals surface area contributed by atoms with Crippen LogP contribution in [0.4, 0.5) is 0 Å². The number of phenolic OH excluding ortho intramolecular Hbond substituents is 1. The Hall–Kier alpha value is -2.94. The Balaban J connectivity index is 1.90. The number of para-hydroxylation sites is 1. The molecule has 4 rings (SSSR count). The van der Waals surface area contributed by atoms with E-state index in [0.717, 1.165) is 22.6 Å². The molecule has 0 radical (unpaired) electrons. The number of hydrogen-bond donors (Lipinski definition) is 1. The summed E-state index contributed by atoms with van der Waals surface area (Å²) in [4.78, 5) is 0. The third-order valence-corrected chi connectivity index (χ3v) is 4.10. The van der Waals surface area contributed by atoms with Gasteiger partial charge in [0.25, 0.3) is 0 Å². The maximum absolute atomic E-state index is 9.59. The molecule has 0 saturated carbocycles. The van der Waals surface area contributed by atoms with Gasteiger partial charge < -0.3 is 14.6 Å². The van der Waals surface area contributed by atoms with E-state index in [1.165, 1.54) is 5.56 Å². The van der Waals surface area contributed by atoms with Gasteiger partial charge in [0.2, 0.25) is 6.79 Å². The molecule has 0 fully saturated rings. The quantitative estimate of drug-likeness (QED) is 0.733. The second kappa shape index (κ2) is 5.69. The van der Waals surface area contributed by atoms with Crippen LogP contribution in [-0.4, -0.2) is 11.9 Å². The summed E-state index contributed by atoms with van der Waals surface area (Å²) in [6.45, 7) is 0.253. The Bertz CT molecular complexity index is 810. The second-order valence-electron chi connectivity index (χ2n) is 5.52. The van der Waals surface area contributed by atoms with Gasteiger partial charge in [0, 0.05) is 11.5 Å². The second-order valence-corrected chi connectivity index (χ2v) is 5.52. The van der Waals surface area contributed by atoms with Crippen molar-refractivity contribution in [2.75, 3.05) is 6.79 Å². The van der Waals surface area contributed by atoms with Crippen molar-refractivity contribution < 1.29 is 14.6 Å². The molecule has 1 heterocycles. The highest BCUT2D eigenvalue weighted by Gasteiger charge is 2.25. The molecule has 1 aliphatic heterocycles. The molecule has 23 heavy (non-hydrogen) atoms. The number of aromatic hydroxyl groups is 1. The van der Waals surface area contributed by atoms with E-state index in [-0.39, 0.29) is 18.5 Å². The molecule has 1 atom stereocenters. The minimum absolute atomic E-state index is 0.0217. The van der Waals surface area contributed by atoms with Gasteiger partial charge in [-0.05, 0) is 29.3 Å². The summed E-state index contributed by atoms with van der Waals surface area (Å²) < 4.78 is 11.2. The molecule has 0 saturated heterocycles. The maximum Gasteiger partial charge on any atom is 0.231 e. The summed E-state index contributed by atoms with van der Waals surface area (Å²) in [7, 11) is 0. The lowest BCUT2D eigenvalue weighted by atomic mass is 9.84. The number of ether oxygens (including phenoxy) is 2. The van der Waals surface area contributed by atoms with Crippen LogP contribution in [0.1, 0.15) is 22.6 Å². The lowest BCUT2D eigenvalue weighted by molar-refractivity contribution is 0.173. The van der Waals surface area contributed by atoms with Crippen LogP contribution < -0.4 is 9.47 Å². The smallest absolute Gasteiger partial charge is 0.231 e. The fraction of sp³-hybridized carbons (Fsp3) is 0.100. The molecule has 1 unspecified atom stereocenters. The predicted octanol–water partition coefficient (Wildman–Crippen LogP) is 4.30. The fourth-order valence-electron chi connectivity index (χ4n) is 3.04. The van der Waals surface area contributed by atoms with Crippen molar-refractivity contribution in [1.82, 2.24) is 0 Å². The van der Waals surface area contributed by atoms with E-state index in [0.29, 0.717) is 0 Å². The van der Waals surface area contributed by atoms with Gasteiger partial charge in [-0.25, -0.2) is 0 Å². The van der Waals surface area contributed by atoms with Crippen molar-refractivity contribution in [3.05, 3.63) is 89.5 Å². The monoisotopic (exact) mass is 304 g/mol. The van der Waals surface area contributed by atoms with E-state index in [2.05, 4.69) is 18.2 Å². The van der Waals surface area contributed by atoms with Crippen LogP contribution >= 0.6 is 0 Å². The average Bonchev–Trinajstić information content (AvgIpc) is 3.07. The zero-order valence-corrected chi connectivity index (χ0v) is 12.5. The molecule has 0 bridgehead atoms. The van der Waals surface area contributed by atoms with E-state index >= 15 is 0 Å². The van der Waals surface area contributed by atoms with Gasteiger partial charge in [-0.1, -0.05) is 54.6 Å². The van der Waals surface area contributed by atoms with Crippen LogP contribution in [0.2, 0.25) is 0 Å². The molecule has 3 aromatic carbocycles. The minimum atomic E-state index is 0.0217. The van der Waals surface area contributed by atoms with E-state index in [1.54, 1.807) is 12.1 Å². The highest BCUT2D eigenvalue weighted by Crippen LogP contribution is 2.44. The van der Waals surface area contributed by atoms with Gasteiger partial charge in [0.05, 0.1) is 0 Å². The molecule has 0 spiro atoms. The van der Waals surface area contributed by atoms with Gasteiger partial charge in [0.15, 0.2) is 11.5 Å². The Morgan fingerprint density at radius 1 is 0.739 bits per heavy atom. The van der Waals surface area contributed by atoms with Crippen LogP contribution in [0.3, 0.4) is 0 Å². The van der Waals surface area contributed by atoms with Crippen LogP contribution in [-0.2, 0) is 0 Å². The molecule has 3 heteroatoms. The predicted molar refractivity (Wildman–Crippen MR) is 88.1 cm³/mol. The Morgan fingerprint density at radius 3 is 2.26 bits per heavy atom. The molecule has 0 aromatic heterocycles. The van der Waals surface area contributed by atoms with E-state index in [4.69, 9.17) is 9.47 Å². The van der Waals surface area contributed by atoms with Crippen molar-refractivity contribution in [3.8, 4) is 17.2 Å². The summed E-state index contributed by atoms with van der Waals surface area (Å²) in [5.74, 6) is 1.86. The maximum atomic E-state index is 9.59. The average molecular weight is 304 g/mol. The lowest BCUT2D eigenvalue weighted by Crippen LogP contribution is -2.04. The molecular weight excluding hydrogens is 288 g/mol. The standard InChI is InChI=1S/C20H16O3/c21-16-11-9-15(10-12-16)19(14-5-2-1-3-6-14)17-7-4-8-18-20(17)23-13-22-18/h1-12,19,21H,13H2. The van der Waals surface area contributed by atoms with Gasteiger partial charge in [-0.15, -0.1) is 0 Å². The summed E-state index contributed by atoms with van der Waals surface area (Å²) in [5.41, 5.74) is 3.33. The zero-order chi connectivity index (χ0) is 15.6. The molecule has 0 amide bonds. The first-order valence-corrected chi connectivity index (χ1v) is 7.55. The minimum Gasteiger partial charge on any atom is -0.508 e. The Labute approximate surface area is 134 Å². The lowest BCUT2D eigenvalue weighted by Gasteiger charge is -2.20. The molecular formula is C20H16O3. The van der Waals surface area contributed by atoms with E-state index < -0.39 is 0 Å². The fourth-order valence-corrected chi connectivity index (χ4v) is 3.04. The first-order chi connectivity index (χ1) is 11.3. The van der Waals surface area contributed by atoms with Crippen molar-refractivity contribution >= 4 is 0 Å². The van der Waals surface area contributed by atoms with Gasteiger partial charge >= 0.3 is 0 Å². The number of fused-ring (bicyclic) bond motifs is 1. The molecule has 3 aromatic rings. The van der Waals surface area contributed by atoms with Crippen molar-refractivity contribution in [2.24, 2.45) is 0 Å². The molecule has 114 valence electrons. The third kappa shape index (κ3) is 2.50. The van der Waals surface area contributed by atoms with E-state index in [9.17, 15) is 5.11 Å². The summed E-state index contributed by atoms with van der Waals surface area (Å²) in [6, 6.07) is 23.6. The largest absolute Gasteiger partial charge is 0.508 e. The first kappa shape index (κ1) is 13.7. The third-order valence-electron chi connectivity index (χ3n) is 4.10. The van der Waals surface area contributed by atoms with Crippen LogP contribution in [0.5, 0.6) is 17.2 Å².